The molecule has 2 amide bonds. The van der Waals surface area contributed by atoms with Gasteiger partial charge in [-0.05, 0) is 51.5 Å². The fourth-order valence-corrected chi connectivity index (χ4v) is 5.68. The fourth-order valence-electron chi connectivity index (χ4n) is 4.74. The summed E-state index contributed by atoms with van der Waals surface area (Å²) in [5.41, 5.74) is 1.75. The number of hydrogen-bond donors (Lipinski definition) is 1. The molecule has 3 heterocycles. The Labute approximate surface area is 229 Å². The summed E-state index contributed by atoms with van der Waals surface area (Å²) in [7, 11) is 5.00. The Morgan fingerprint density at radius 1 is 1.23 bits per heavy atom. The summed E-state index contributed by atoms with van der Waals surface area (Å²) < 4.78 is 27.8. The van der Waals surface area contributed by atoms with Gasteiger partial charge in [-0.2, -0.15) is 5.10 Å². The van der Waals surface area contributed by atoms with Gasteiger partial charge in [0.2, 0.25) is 0 Å². The summed E-state index contributed by atoms with van der Waals surface area (Å²) in [6, 6.07) is 6.52. The summed E-state index contributed by atoms with van der Waals surface area (Å²) in [5.74, 6) is -0.926. The molecular weight excluding hydrogens is 523 g/mol. The molecule has 1 aliphatic heterocycles. The third kappa shape index (κ3) is 5.33. The van der Waals surface area contributed by atoms with E-state index in [1.165, 1.54) is 29.2 Å². The number of amides is 2. The van der Waals surface area contributed by atoms with Crippen molar-refractivity contribution in [3.8, 4) is 5.19 Å². The number of thiazole rings is 1. The summed E-state index contributed by atoms with van der Waals surface area (Å²) in [4.78, 5) is 34.3. The topological polar surface area (TPSA) is 102 Å². The van der Waals surface area contributed by atoms with Crippen LogP contribution in [0.15, 0.2) is 30.5 Å². The van der Waals surface area contributed by atoms with Crippen molar-refractivity contribution in [2.45, 2.75) is 38.8 Å². The number of carbonyl (C=O) groups excluding carboxylic acids is 2. The Kier molecular flexibility index (Phi) is 6.83. The van der Waals surface area contributed by atoms with Gasteiger partial charge >= 0.3 is 6.09 Å². The molecular formula is C27H31FN6O4S. The maximum absolute atomic E-state index is 14.6. The molecule has 1 atom stereocenters. The smallest absolute Gasteiger partial charge is 0.410 e. The van der Waals surface area contributed by atoms with E-state index >= 15 is 0 Å². The molecule has 206 valence electrons. The molecule has 4 aromatic rings. The van der Waals surface area contributed by atoms with Crippen molar-refractivity contribution < 1.29 is 23.5 Å². The number of hydrogen-bond acceptors (Lipinski definition) is 8. The van der Waals surface area contributed by atoms with Crippen LogP contribution in [-0.2, 0) is 11.8 Å². The van der Waals surface area contributed by atoms with Crippen molar-refractivity contribution >= 4 is 55.8 Å². The van der Waals surface area contributed by atoms with Gasteiger partial charge in [-0.1, -0.05) is 11.3 Å². The number of nitrogens with zero attached hydrogens (tertiary/aromatic N) is 5. The van der Waals surface area contributed by atoms with E-state index in [-0.39, 0.29) is 17.7 Å². The van der Waals surface area contributed by atoms with Gasteiger partial charge in [0.1, 0.15) is 16.6 Å². The molecule has 5 rings (SSSR count). The molecule has 0 spiro atoms. The Bertz CT molecular complexity index is 1580. The van der Waals surface area contributed by atoms with E-state index in [0.29, 0.717) is 33.9 Å². The fraction of sp³-hybridized carbons (Fsp3) is 0.407. The third-order valence-corrected chi connectivity index (χ3v) is 7.63. The number of aryl methyl sites for hydroxylation is 1. The molecule has 1 aliphatic rings. The number of fused-ring (bicyclic) bond motifs is 2. The van der Waals surface area contributed by atoms with Crippen LogP contribution in [0.1, 0.15) is 37.6 Å². The van der Waals surface area contributed by atoms with E-state index < -0.39 is 17.3 Å². The van der Waals surface area contributed by atoms with Crippen LogP contribution < -0.4 is 15.0 Å². The number of aromatic nitrogens is 3. The van der Waals surface area contributed by atoms with Crippen LogP contribution in [0.25, 0.3) is 21.1 Å². The van der Waals surface area contributed by atoms with Gasteiger partial charge in [-0.25, -0.2) is 14.2 Å². The van der Waals surface area contributed by atoms with E-state index in [2.05, 4.69) is 20.3 Å². The molecule has 1 fully saturated rings. The highest BCUT2D eigenvalue weighted by atomic mass is 32.1. The second-order valence-electron chi connectivity index (χ2n) is 10.6. The van der Waals surface area contributed by atoms with Gasteiger partial charge in [-0.15, -0.1) is 0 Å². The average Bonchev–Trinajstić information content (AvgIpc) is 3.59. The first kappa shape index (κ1) is 26.7. The number of likely N-dealkylation sites (N-methyl/N-ethyl adjacent to an activating group) is 1. The zero-order valence-electron chi connectivity index (χ0n) is 22.7. The molecule has 0 unspecified atom stereocenters. The largest absolute Gasteiger partial charge is 0.473 e. The third-order valence-electron chi connectivity index (χ3n) is 6.59. The molecule has 12 heteroatoms. The summed E-state index contributed by atoms with van der Waals surface area (Å²) in [5, 5.41) is 7.92. The Hall–Kier alpha value is -3.93. The Morgan fingerprint density at radius 2 is 2.00 bits per heavy atom. The molecule has 0 aliphatic carbocycles. The molecule has 2 aromatic heterocycles. The average molecular weight is 555 g/mol. The van der Waals surface area contributed by atoms with Crippen molar-refractivity contribution in [1.29, 1.82) is 0 Å². The van der Waals surface area contributed by atoms with Crippen LogP contribution in [0, 0.1) is 5.82 Å². The monoisotopic (exact) mass is 554 g/mol. The molecule has 1 N–H and O–H groups in total. The Balaban J connectivity index is 1.40. The van der Waals surface area contributed by atoms with Gasteiger partial charge in [0, 0.05) is 44.5 Å². The zero-order chi connectivity index (χ0) is 28.1. The summed E-state index contributed by atoms with van der Waals surface area (Å²) >= 11 is 1.35. The summed E-state index contributed by atoms with van der Waals surface area (Å²) in [6.07, 6.45) is 2.11. The van der Waals surface area contributed by atoms with Gasteiger partial charge in [0.05, 0.1) is 29.1 Å². The lowest BCUT2D eigenvalue weighted by molar-refractivity contribution is 0.0237. The lowest BCUT2D eigenvalue weighted by Gasteiger charge is -2.29. The number of rotatable bonds is 5. The van der Waals surface area contributed by atoms with Crippen LogP contribution in [0.4, 0.5) is 20.6 Å². The molecule has 1 saturated heterocycles. The van der Waals surface area contributed by atoms with E-state index in [1.807, 2.05) is 26.8 Å². The molecule has 39 heavy (non-hydrogen) atoms. The highest BCUT2D eigenvalue weighted by Gasteiger charge is 2.32. The van der Waals surface area contributed by atoms with Gasteiger partial charge < -0.3 is 24.6 Å². The minimum absolute atomic E-state index is 0.0232. The first-order chi connectivity index (χ1) is 18.4. The second-order valence-corrected chi connectivity index (χ2v) is 11.6. The highest BCUT2D eigenvalue weighted by Crippen LogP contribution is 2.39. The van der Waals surface area contributed by atoms with Crippen LogP contribution in [0.3, 0.4) is 0 Å². The Morgan fingerprint density at radius 3 is 2.72 bits per heavy atom. The number of halogens is 1. The predicted molar refractivity (Wildman–Crippen MR) is 149 cm³/mol. The van der Waals surface area contributed by atoms with Crippen molar-refractivity contribution in [2.24, 2.45) is 7.05 Å². The maximum atomic E-state index is 14.6. The van der Waals surface area contributed by atoms with Crippen molar-refractivity contribution in [2.75, 3.05) is 37.5 Å². The van der Waals surface area contributed by atoms with E-state index in [4.69, 9.17) is 9.47 Å². The number of benzene rings is 2. The number of nitrogens with one attached hydrogen (secondary N) is 1. The van der Waals surface area contributed by atoms with Crippen molar-refractivity contribution in [3.05, 3.63) is 41.8 Å². The van der Waals surface area contributed by atoms with Crippen LogP contribution in [0.2, 0.25) is 0 Å². The lowest BCUT2D eigenvalue weighted by atomic mass is 10.1. The lowest BCUT2D eigenvalue weighted by Crippen LogP contribution is -2.42. The van der Waals surface area contributed by atoms with E-state index in [9.17, 15) is 14.0 Å². The van der Waals surface area contributed by atoms with Gasteiger partial charge in [0.25, 0.3) is 11.1 Å². The number of methoxy groups -OCH3 is 1. The normalized spacial score (nSPS) is 15.7. The van der Waals surface area contributed by atoms with Gasteiger partial charge in [-0.3, -0.25) is 9.48 Å². The van der Waals surface area contributed by atoms with Gasteiger partial charge in [0.15, 0.2) is 5.82 Å². The zero-order valence-corrected chi connectivity index (χ0v) is 23.6. The van der Waals surface area contributed by atoms with Crippen molar-refractivity contribution in [3.63, 3.8) is 0 Å². The standard InChI is InChI=1S/C27H31FN6O4S/c1-27(2,3)38-26(36)33(5)17-9-10-34(14-17)20-8-7-18(22-23(20)39-25(30-22)37-6)24(35)29-16-11-15-13-32(4)31-21(15)19(28)12-16/h7-8,11-13,17H,9-10,14H2,1-6H3,(H,29,35)/t17-/m1/s1. The first-order valence-corrected chi connectivity index (χ1v) is 13.4. The van der Waals surface area contributed by atoms with E-state index in [0.717, 1.165) is 23.4 Å². The maximum Gasteiger partial charge on any atom is 0.410 e. The van der Waals surface area contributed by atoms with Crippen LogP contribution in [-0.4, -0.2) is 70.6 Å². The van der Waals surface area contributed by atoms with Crippen LogP contribution >= 0.6 is 11.3 Å². The second kappa shape index (κ2) is 9.99. The van der Waals surface area contributed by atoms with Crippen molar-refractivity contribution in [1.82, 2.24) is 19.7 Å². The minimum Gasteiger partial charge on any atom is -0.473 e. The molecule has 10 nitrogen and oxygen atoms in total. The highest BCUT2D eigenvalue weighted by molar-refractivity contribution is 7.21. The number of ether oxygens (including phenoxy) is 2. The molecule has 0 bridgehead atoms. The predicted octanol–water partition coefficient (Wildman–Crippen LogP) is 5.03. The minimum atomic E-state index is -0.569. The number of anilines is 2. The summed E-state index contributed by atoms with van der Waals surface area (Å²) in [6.45, 7) is 6.88. The number of carbonyl (C=O) groups is 2. The first-order valence-electron chi connectivity index (χ1n) is 12.6. The molecule has 0 saturated carbocycles. The van der Waals surface area contributed by atoms with E-state index in [1.54, 1.807) is 37.3 Å². The molecule has 2 aromatic carbocycles. The molecule has 0 radical (unpaired) electrons. The quantitative estimate of drug-likeness (QED) is 0.369. The van der Waals surface area contributed by atoms with Crippen LogP contribution in [0.5, 0.6) is 5.19 Å². The SMILES string of the molecule is COc1nc2c(C(=O)Nc3cc(F)c4nn(C)cc4c3)ccc(N3CC[C@@H](N(C)C(=O)OC(C)(C)C)C3)c2s1.